The second-order valence-corrected chi connectivity index (χ2v) is 7.65. The Morgan fingerprint density at radius 2 is 1.80 bits per heavy atom. The van der Waals surface area contributed by atoms with Crippen molar-refractivity contribution < 1.29 is 9.53 Å². The Morgan fingerprint density at radius 3 is 2.44 bits per heavy atom. The van der Waals surface area contributed by atoms with Crippen molar-refractivity contribution in [1.29, 1.82) is 0 Å². The SMILES string of the molecule is COCC(=O)N1CCC(c2nnc(CN3CCCC3)n2C2CC2)CC1. The molecule has 138 valence electrons. The van der Waals surface area contributed by atoms with Gasteiger partial charge < -0.3 is 14.2 Å². The summed E-state index contributed by atoms with van der Waals surface area (Å²) in [5, 5.41) is 9.18. The van der Waals surface area contributed by atoms with Gasteiger partial charge in [-0.2, -0.15) is 0 Å². The lowest BCUT2D eigenvalue weighted by Gasteiger charge is -2.31. The Morgan fingerprint density at radius 1 is 1.08 bits per heavy atom. The maximum atomic E-state index is 12.0. The van der Waals surface area contributed by atoms with Crippen LogP contribution in [-0.2, 0) is 16.1 Å². The van der Waals surface area contributed by atoms with E-state index in [1.165, 1.54) is 38.8 Å². The standard InChI is InChI=1S/C18H29N5O2/c1-25-13-17(24)22-10-6-14(7-11-22)18-20-19-16(23(18)15-4-5-15)12-21-8-2-3-9-21/h14-15H,2-13H2,1H3. The fraction of sp³-hybridized carbons (Fsp3) is 0.833. The maximum absolute atomic E-state index is 12.0. The van der Waals surface area contributed by atoms with Crippen molar-refractivity contribution in [1.82, 2.24) is 24.6 Å². The predicted molar refractivity (Wildman–Crippen MR) is 93.2 cm³/mol. The average molecular weight is 347 g/mol. The van der Waals surface area contributed by atoms with E-state index in [0.717, 1.165) is 44.1 Å². The molecule has 1 aliphatic carbocycles. The molecule has 0 unspecified atom stereocenters. The second-order valence-electron chi connectivity index (χ2n) is 7.65. The molecule has 0 aromatic carbocycles. The molecular weight excluding hydrogens is 318 g/mol. The first-order valence-corrected chi connectivity index (χ1v) is 9.69. The van der Waals surface area contributed by atoms with E-state index in [1.54, 1.807) is 7.11 Å². The molecule has 0 radical (unpaired) electrons. The van der Waals surface area contributed by atoms with Crippen LogP contribution in [0.5, 0.6) is 0 Å². The highest BCUT2D eigenvalue weighted by atomic mass is 16.5. The maximum Gasteiger partial charge on any atom is 0.248 e. The molecule has 0 N–H and O–H groups in total. The summed E-state index contributed by atoms with van der Waals surface area (Å²) in [5.74, 6) is 2.83. The van der Waals surface area contributed by atoms with Crippen LogP contribution < -0.4 is 0 Å². The molecule has 7 nitrogen and oxygen atoms in total. The first-order chi connectivity index (χ1) is 12.3. The first kappa shape index (κ1) is 17.0. The Bertz CT molecular complexity index is 599. The highest BCUT2D eigenvalue weighted by Gasteiger charge is 2.34. The number of hydrogen-bond acceptors (Lipinski definition) is 5. The largest absolute Gasteiger partial charge is 0.375 e. The molecule has 3 heterocycles. The second kappa shape index (κ2) is 7.41. The van der Waals surface area contributed by atoms with Gasteiger partial charge in [0.05, 0.1) is 6.54 Å². The van der Waals surface area contributed by atoms with Crippen LogP contribution in [0.1, 0.15) is 62.1 Å². The smallest absolute Gasteiger partial charge is 0.248 e. The molecule has 25 heavy (non-hydrogen) atoms. The van der Waals surface area contributed by atoms with Crippen molar-refractivity contribution in [2.45, 2.75) is 57.0 Å². The average Bonchev–Trinajstić information content (AvgIpc) is 3.17. The molecule has 1 aromatic heterocycles. The van der Waals surface area contributed by atoms with Gasteiger partial charge in [-0.3, -0.25) is 9.69 Å². The zero-order chi connectivity index (χ0) is 17.2. The number of aromatic nitrogens is 3. The minimum absolute atomic E-state index is 0.0966. The van der Waals surface area contributed by atoms with Crippen LogP contribution >= 0.6 is 0 Å². The fourth-order valence-electron chi connectivity index (χ4n) is 4.20. The van der Waals surface area contributed by atoms with Gasteiger partial charge in [0.1, 0.15) is 18.3 Å². The zero-order valence-electron chi connectivity index (χ0n) is 15.2. The van der Waals surface area contributed by atoms with Crippen molar-refractivity contribution in [2.75, 3.05) is 39.9 Å². The van der Waals surface area contributed by atoms with E-state index < -0.39 is 0 Å². The van der Waals surface area contributed by atoms with Crippen molar-refractivity contribution >= 4 is 5.91 Å². The highest BCUT2D eigenvalue weighted by Crippen LogP contribution is 2.40. The van der Waals surface area contributed by atoms with Crippen LogP contribution in [0.2, 0.25) is 0 Å². The molecule has 3 aliphatic rings. The molecule has 0 bridgehead atoms. The quantitative estimate of drug-likeness (QED) is 0.781. The lowest BCUT2D eigenvalue weighted by Crippen LogP contribution is -2.40. The molecule has 1 aromatic rings. The third-order valence-electron chi connectivity index (χ3n) is 5.75. The summed E-state index contributed by atoms with van der Waals surface area (Å²) in [6.07, 6.45) is 7.07. The van der Waals surface area contributed by atoms with E-state index in [-0.39, 0.29) is 12.5 Å². The molecular formula is C18H29N5O2. The van der Waals surface area contributed by atoms with E-state index in [1.807, 2.05) is 4.90 Å². The summed E-state index contributed by atoms with van der Waals surface area (Å²) in [6.45, 7) is 5.09. The van der Waals surface area contributed by atoms with Gasteiger partial charge in [0.15, 0.2) is 0 Å². The number of piperidine rings is 1. The third-order valence-corrected chi connectivity index (χ3v) is 5.75. The molecule has 1 saturated carbocycles. The van der Waals surface area contributed by atoms with Gasteiger partial charge in [-0.15, -0.1) is 10.2 Å². The number of methoxy groups -OCH3 is 1. The Hall–Kier alpha value is -1.47. The summed E-state index contributed by atoms with van der Waals surface area (Å²) >= 11 is 0. The number of carbonyl (C=O) groups is 1. The molecule has 2 saturated heterocycles. The van der Waals surface area contributed by atoms with Gasteiger partial charge in [0.2, 0.25) is 5.91 Å². The number of amides is 1. The van der Waals surface area contributed by atoms with Gasteiger partial charge in [-0.1, -0.05) is 0 Å². The lowest BCUT2D eigenvalue weighted by atomic mass is 9.95. The van der Waals surface area contributed by atoms with Crippen molar-refractivity contribution in [3.05, 3.63) is 11.6 Å². The summed E-state index contributed by atoms with van der Waals surface area (Å²) in [7, 11) is 1.57. The van der Waals surface area contributed by atoms with E-state index in [2.05, 4.69) is 19.7 Å². The van der Waals surface area contributed by atoms with Gasteiger partial charge in [0, 0.05) is 32.2 Å². The molecule has 0 spiro atoms. The normalized spacial score (nSPS) is 22.7. The number of carbonyl (C=O) groups excluding carboxylic acids is 1. The summed E-state index contributed by atoms with van der Waals surface area (Å²) < 4.78 is 7.41. The molecule has 0 atom stereocenters. The van der Waals surface area contributed by atoms with Crippen LogP contribution in [0.25, 0.3) is 0 Å². The summed E-state index contributed by atoms with van der Waals surface area (Å²) in [5.41, 5.74) is 0. The number of nitrogens with zero attached hydrogens (tertiary/aromatic N) is 5. The number of hydrogen-bond donors (Lipinski definition) is 0. The van der Waals surface area contributed by atoms with Crippen LogP contribution in [0.4, 0.5) is 0 Å². The van der Waals surface area contributed by atoms with Gasteiger partial charge in [-0.25, -0.2) is 0 Å². The van der Waals surface area contributed by atoms with Crippen LogP contribution in [0.15, 0.2) is 0 Å². The van der Waals surface area contributed by atoms with Crippen molar-refractivity contribution in [2.24, 2.45) is 0 Å². The third kappa shape index (κ3) is 3.72. The molecule has 7 heteroatoms. The molecule has 1 amide bonds. The van der Waals surface area contributed by atoms with Gasteiger partial charge >= 0.3 is 0 Å². The van der Waals surface area contributed by atoms with Crippen molar-refractivity contribution in [3.63, 3.8) is 0 Å². The summed E-state index contributed by atoms with van der Waals surface area (Å²) in [6, 6.07) is 0.607. The van der Waals surface area contributed by atoms with E-state index in [0.29, 0.717) is 12.0 Å². The van der Waals surface area contributed by atoms with Gasteiger partial charge in [-0.05, 0) is 51.6 Å². The lowest BCUT2D eigenvalue weighted by molar-refractivity contribution is -0.136. The van der Waals surface area contributed by atoms with Crippen LogP contribution in [-0.4, -0.2) is 70.4 Å². The highest BCUT2D eigenvalue weighted by molar-refractivity contribution is 5.77. The Balaban J connectivity index is 1.44. The van der Waals surface area contributed by atoms with E-state index in [4.69, 9.17) is 4.74 Å². The van der Waals surface area contributed by atoms with E-state index >= 15 is 0 Å². The van der Waals surface area contributed by atoms with Crippen molar-refractivity contribution in [3.8, 4) is 0 Å². The van der Waals surface area contributed by atoms with E-state index in [9.17, 15) is 4.79 Å². The molecule has 2 aliphatic heterocycles. The first-order valence-electron chi connectivity index (χ1n) is 9.69. The number of rotatable bonds is 6. The minimum Gasteiger partial charge on any atom is -0.375 e. The fourth-order valence-corrected chi connectivity index (χ4v) is 4.20. The molecule has 4 rings (SSSR count). The number of ether oxygens (including phenoxy) is 1. The Kier molecular flexibility index (Phi) is 5.03. The van der Waals surface area contributed by atoms with Crippen LogP contribution in [0, 0.1) is 0 Å². The van der Waals surface area contributed by atoms with Gasteiger partial charge in [0.25, 0.3) is 0 Å². The topological polar surface area (TPSA) is 63.5 Å². The zero-order valence-corrected chi connectivity index (χ0v) is 15.2. The minimum atomic E-state index is 0.0966. The monoisotopic (exact) mass is 347 g/mol. The predicted octanol–water partition coefficient (Wildman–Crippen LogP) is 1.56. The Labute approximate surface area is 149 Å². The number of likely N-dealkylation sites (tertiary alicyclic amines) is 2. The van der Waals surface area contributed by atoms with Crippen LogP contribution in [0.3, 0.4) is 0 Å². The molecule has 3 fully saturated rings. The summed E-state index contributed by atoms with van der Waals surface area (Å²) in [4.78, 5) is 16.4.